The van der Waals surface area contributed by atoms with Gasteiger partial charge in [-0.05, 0) is 30.9 Å². The summed E-state index contributed by atoms with van der Waals surface area (Å²) in [5.41, 5.74) is 12.9. The van der Waals surface area contributed by atoms with Gasteiger partial charge >= 0.3 is 0 Å². The number of benzene rings is 1. The van der Waals surface area contributed by atoms with Gasteiger partial charge in [0.1, 0.15) is 10.6 Å². The average molecular weight is 376 g/mol. The normalized spacial score (nSPS) is 11.6. The molecule has 0 fully saturated rings. The molecular formula is C15H16N6O2S2. The SMILES string of the molecule is CSc1nc(N)c(NS(=O)(=O)c2cccc3cc(C)cnc23)c(N)n1. The number of nitrogens with one attached hydrogen (secondary N) is 1. The molecule has 0 aliphatic heterocycles. The quantitative estimate of drug-likeness (QED) is 0.464. The molecule has 0 saturated carbocycles. The van der Waals surface area contributed by atoms with Crippen molar-refractivity contribution in [1.82, 2.24) is 15.0 Å². The Morgan fingerprint density at radius 3 is 2.48 bits per heavy atom. The molecule has 0 atom stereocenters. The number of hydrogen-bond donors (Lipinski definition) is 3. The zero-order valence-corrected chi connectivity index (χ0v) is 15.1. The van der Waals surface area contributed by atoms with Gasteiger partial charge in [0.25, 0.3) is 10.0 Å². The number of rotatable bonds is 4. The monoisotopic (exact) mass is 376 g/mol. The molecule has 1 aromatic carbocycles. The third-order valence-corrected chi connectivity index (χ3v) is 5.39. The molecule has 0 amide bonds. The molecule has 8 nitrogen and oxygen atoms in total. The minimum absolute atomic E-state index is 0.0257. The van der Waals surface area contributed by atoms with Crippen LogP contribution in [-0.2, 0) is 10.0 Å². The number of para-hydroxylation sites is 1. The molecule has 0 bridgehead atoms. The third-order valence-electron chi connectivity index (χ3n) is 3.46. The molecule has 0 spiro atoms. The third kappa shape index (κ3) is 3.30. The minimum Gasteiger partial charge on any atom is -0.382 e. The fourth-order valence-electron chi connectivity index (χ4n) is 2.32. The van der Waals surface area contributed by atoms with Crippen LogP contribution in [0.3, 0.4) is 0 Å². The van der Waals surface area contributed by atoms with Gasteiger partial charge in [0.15, 0.2) is 16.8 Å². The standard InChI is InChI=1S/C15H16N6O2S2/c1-8-6-9-4-3-5-10(11(9)18-7-8)25(22,23)21-12-13(16)19-15(24-2)20-14(12)17/h3-7,21H,1-2H3,(H4,16,17,19,20). The summed E-state index contributed by atoms with van der Waals surface area (Å²) in [6.07, 6.45) is 3.38. The zero-order chi connectivity index (χ0) is 18.2. The van der Waals surface area contributed by atoms with Crippen molar-refractivity contribution in [1.29, 1.82) is 0 Å². The van der Waals surface area contributed by atoms with E-state index in [0.29, 0.717) is 10.7 Å². The highest BCUT2D eigenvalue weighted by Gasteiger charge is 2.22. The van der Waals surface area contributed by atoms with E-state index in [0.717, 1.165) is 10.9 Å². The van der Waals surface area contributed by atoms with Crippen LogP contribution < -0.4 is 16.2 Å². The number of nitrogen functional groups attached to an aromatic ring is 2. The predicted molar refractivity (Wildman–Crippen MR) is 99.9 cm³/mol. The summed E-state index contributed by atoms with van der Waals surface area (Å²) in [5, 5.41) is 1.08. The number of aryl methyl sites for hydroxylation is 1. The van der Waals surface area contributed by atoms with E-state index in [1.54, 1.807) is 24.6 Å². The van der Waals surface area contributed by atoms with Gasteiger partial charge in [-0.3, -0.25) is 9.71 Å². The molecule has 130 valence electrons. The van der Waals surface area contributed by atoms with Gasteiger partial charge in [-0.15, -0.1) is 0 Å². The lowest BCUT2D eigenvalue weighted by Crippen LogP contribution is -2.17. The summed E-state index contributed by atoms with van der Waals surface area (Å²) in [6, 6.07) is 6.78. The summed E-state index contributed by atoms with van der Waals surface area (Å²) in [7, 11) is -3.98. The molecule has 3 aromatic rings. The Hall–Kier alpha value is -2.59. The molecule has 0 radical (unpaired) electrons. The summed E-state index contributed by atoms with van der Waals surface area (Å²) < 4.78 is 28.0. The highest BCUT2D eigenvalue weighted by molar-refractivity contribution is 7.98. The fraction of sp³-hybridized carbons (Fsp3) is 0.133. The molecule has 0 unspecified atom stereocenters. The lowest BCUT2D eigenvalue weighted by molar-refractivity contribution is 0.602. The van der Waals surface area contributed by atoms with Crippen molar-refractivity contribution >= 4 is 50.0 Å². The smallest absolute Gasteiger partial charge is 0.264 e. The second kappa shape index (κ2) is 6.37. The first-order chi connectivity index (χ1) is 11.8. The topological polar surface area (TPSA) is 137 Å². The summed E-state index contributed by atoms with van der Waals surface area (Å²) >= 11 is 1.25. The van der Waals surface area contributed by atoms with Gasteiger partial charge < -0.3 is 11.5 Å². The van der Waals surface area contributed by atoms with Crippen molar-refractivity contribution in [2.24, 2.45) is 0 Å². The van der Waals surface area contributed by atoms with Crippen LogP contribution in [0.4, 0.5) is 17.3 Å². The molecule has 0 saturated heterocycles. The van der Waals surface area contributed by atoms with Gasteiger partial charge in [-0.2, -0.15) is 0 Å². The number of sulfonamides is 1. The molecule has 10 heteroatoms. The van der Waals surface area contributed by atoms with Crippen LogP contribution in [0.15, 0.2) is 40.5 Å². The highest BCUT2D eigenvalue weighted by Crippen LogP contribution is 2.29. The average Bonchev–Trinajstić information content (AvgIpc) is 2.57. The number of pyridine rings is 1. The first-order valence-electron chi connectivity index (χ1n) is 7.17. The van der Waals surface area contributed by atoms with E-state index < -0.39 is 10.0 Å². The summed E-state index contributed by atoms with van der Waals surface area (Å²) in [5.74, 6) is -0.0751. The van der Waals surface area contributed by atoms with Crippen LogP contribution in [0.5, 0.6) is 0 Å². The summed E-state index contributed by atoms with van der Waals surface area (Å²) in [6.45, 7) is 1.89. The maximum Gasteiger partial charge on any atom is 0.264 e. The lowest BCUT2D eigenvalue weighted by atomic mass is 10.2. The van der Waals surface area contributed by atoms with Crippen LogP contribution in [0.1, 0.15) is 5.56 Å². The molecule has 5 N–H and O–H groups in total. The van der Waals surface area contributed by atoms with Crippen molar-refractivity contribution in [3.63, 3.8) is 0 Å². The number of nitrogens with zero attached hydrogens (tertiary/aromatic N) is 3. The second-order valence-corrected chi connectivity index (χ2v) is 7.73. The molecule has 0 aliphatic rings. The van der Waals surface area contributed by atoms with E-state index in [9.17, 15) is 8.42 Å². The van der Waals surface area contributed by atoms with Crippen LogP contribution >= 0.6 is 11.8 Å². The Balaban J connectivity index is 2.10. The fourth-order valence-corrected chi connectivity index (χ4v) is 3.97. The first kappa shape index (κ1) is 17.2. The molecule has 25 heavy (non-hydrogen) atoms. The van der Waals surface area contributed by atoms with E-state index >= 15 is 0 Å². The first-order valence-corrected chi connectivity index (χ1v) is 9.88. The van der Waals surface area contributed by atoms with Crippen molar-refractivity contribution in [3.8, 4) is 0 Å². The van der Waals surface area contributed by atoms with E-state index in [1.807, 2.05) is 13.0 Å². The Kier molecular flexibility index (Phi) is 4.39. The van der Waals surface area contributed by atoms with Crippen LogP contribution in [-0.4, -0.2) is 29.6 Å². The number of anilines is 3. The van der Waals surface area contributed by atoms with Crippen LogP contribution in [0.25, 0.3) is 10.9 Å². The number of fused-ring (bicyclic) bond motifs is 1. The number of thioether (sulfide) groups is 1. The van der Waals surface area contributed by atoms with Gasteiger partial charge in [0.05, 0.1) is 5.52 Å². The van der Waals surface area contributed by atoms with Gasteiger partial charge in [-0.1, -0.05) is 23.9 Å². The van der Waals surface area contributed by atoms with E-state index in [-0.39, 0.29) is 22.2 Å². The van der Waals surface area contributed by atoms with Crippen molar-refractivity contribution in [2.45, 2.75) is 17.0 Å². The number of aromatic nitrogens is 3. The Labute approximate surface area is 149 Å². The number of nitrogens with two attached hydrogens (primary N) is 2. The van der Waals surface area contributed by atoms with Crippen molar-refractivity contribution in [2.75, 3.05) is 22.4 Å². The summed E-state index contributed by atoms with van der Waals surface area (Å²) in [4.78, 5) is 12.3. The maximum atomic E-state index is 12.8. The molecule has 2 heterocycles. The molecular weight excluding hydrogens is 360 g/mol. The predicted octanol–water partition coefficient (Wildman–Crippen LogP) is 2.02. The van der Waals surface area contributed by atoms with Crippen molar-refractivity contribution in [3.05, 3.63) is 36.0 Å². The van der Waals surface area contributed by atoms with Crippen molar-refractivity contribution < 1.29 is 8.42 Å². The second-order valence-electron chi connectivity index (χ2n) is 5.30. The van der Waals surface area contributed by atoms with E-state index in [1.165, 1.54) is 17.8 Å². The maximum absolute atomic E-state index is 12.8. The van der Waals surface area contributed by atoms with E-state index in [2.05, 4.69) is 19.7 Å². The Morgan fingerprint density at radius 1 is 1.16 bits per heavy atom. The van der Waals surface area contributed by atoms with Crippen LogP contribution in [0.2, 0.25) is 0 Å². The van der Waals surface area contributed by atoms with Gasteiger partial charge in [0.2, 0.25) is 0 Å². The highest BCUT2D eigenvalue weighted by atomic mass is 32.2. The Morgan fingerprint density at radius 2 is 1.84 bits per heavy atom. The van der Waals surface area contributed by atoms with E-state index in [4.69, 9.17) is 11.5 Å². The van der Waals surface area contributed by atoms with Crippen LogP contribution in [0, 0.1) is 6.92 Å². The Bertz CT molecular complexity index is 1050. The van der Waals surface area contributed by atoms with Gasteiger partial charge in [0, 0.05) is 11.6 Å². The van der Waals surface area contributed by atoms with Gasteiger partial charge in [-0.25, -0.2) is 18.4 Å². The number of hydrogen-bond acceptors (Lipinski definition) is 8. The zero-order valence-electron chi connectivity index (χ0n) is 13.5. The molecule has 0 aliphatic carbocycles. The minimum atomic E-state index is -3.98. The largest absolute Gasteiger partial charge is 0.382 e. The molecule has 2 aromatic heterocycles. The molecule has 3 rings (SSSR count). The lowest BCUT2D eigenvalue weighted by Gasteiger charge is -2.13.